The van der Waals surface area contributed by atoms with Gasteiger partial charge in [0.05, 0.1) is 0 Å². The zero-order valence-electron chi connectivity index (χ0n) is 7.06. The Kier molecular flexibility index (Phi) is 2.96. The Labute approximate surface area is 68.5 Å². The summed E-state index contributed by atoms with van der Waals surface area (Å²) in [5.41, 5.74) is 2.41. The highest BCUT2D eigenvalue weighted by atomic mass is 14.9. The van der Waals surface area contributed by atoms with Gasteiger partial charge in [-0.3, -0.25) is 0 Å². The third-order valence-electron chi connectivity index (χ3n) is 1.67. The molecule has 1 aliphatic carbocycles. The highest BCUT2D eigenvalue weighted by molar-refractivity contribution is 5.24. The lowest BCUT2D eigenvalue weighted by atomic mass is 10.1. The molecule has 0 bridgehead atoms. The van der Waals surface area contributed by atoms with Gasteiger partial charge in [-0.05, 0) is 25.3 Å². The molecule has 0 fully saturated rings. The minimum absolute atomic E-state index is 0.922. The first kappa shape index (κ1) is 8.12. The summed E-state index contributed by atoms with van der Waals surface area (Å²) in [5, 5.41) is 3.20. The molecule has 0 atom stereocenters. The van der Waals surface area contributed by atoms with Gasteiger partial charge in [-0.2, -0.15) is 0 Å². The van der Waals surface area contributed by atoms with Crippen molar-refractivity contribution < 1.29 is 0 Å². The fraction of sp³-hybridized carbons (Fsp3) is 0.400. The lowest BCUT2D eigenvalue weighted by Gasteiger charge is -2.08. The molecule has 0 saturated carbocycles. The third-order valence-corrected chi connectivity index (χ3v) is 1.67. The van der Waals surface area contributed by atoms with E-state index in [-0.39, 0.29) is 0 Å². The van der Waals surface area contributed by atoms with Gasteiger partial charge in [0.15, 0.2) is 0 Å². The first-order valence-electron chi connectivity index (χ1n) is 4.04. The van der Waals surface area contributed by atoms with Crippen LogP contribution in [0.15, 0.2) is 36.1 Å². The van der Waals surface area contributed by atoms with E-state index in [9.17, 15) is 0 Å². The molecule has 0 aliphatic heterocycles. The topological polar surface area (TPSA) is 12.0 Å². The van der Waals surface area contributed by atoms with E-state index in [1.165, 1.54) is 18.4 Å². The van der Waals surface area contributed by atoms with E-state index in [4.69, 9.17) is 0 Å². The van der Waals surface area contributed by atoms with E-state index in [1.54, 1.807) is 0 Å². The standard InChI is InChI=1S/C10H15N/c1-9(2)11-8-10-6-4-3-5-7-10/h4,6-7,11H,1,3,5,8H2,2H3. The summed E-state index contributed by atoms with van der Waals surface area (Å²) in [7, 11) is 0. The maximum absolute atomic E-state index is 3.78. The fourth-order valence-electron chi connectivity index (χ4n) is 1.05. The third kappa shape index (κ3) is 3.08. The summed E-state index contributed by atoms with van der Waals surface area (Å²) in [6, 6.07) is 0. The Morgan fingerprint density at radius 1 is 1.64 bits per heavy atom. The largest absolute Gasteiger partial charge is 0.385 e. The average molecular weight is 149 g/mol. The summed E-state index contributed by atoms with van der Waals surface area (Å²) in [4.78, 5) is 0. The van der Waals surface area contributed by atoms with Crippen molar-refractivity contribution in [2.24, 2.45) is 0 Å². The number of hydrogen-bond donors (Lipinski definition) is 1. The van der Waals surface area contributed by atoms with Crippen LogP contribution in [0.25, 0.3) is 0 Å². The van der Waals surface area contributed by atoms with Crippen LogP contribution in [0, 0.1) is 0 Å². The Hall–Kier alpha value is -0.980. The Morgan fingerprint density at radius 2 is 2.45 bits per heavy atom. The molecule has 11 heavy (non-hydrogen) atoms. The molecule has 0 amide bonds. The molecule has 1 nitrogen and oxygen atoms in total. The molecule has 0 spiro atoms. The molecule has 0 aromatic rings. The molecule has 0 saturated heterocycles. The molecule has 0 heterocycles. The first-order chi connectivity index (χ1) is 5.29. The predicted octanol–water partition coefficient (Wildman–Crippen LogP) is 2.39. The molecule has 0 radical (unpaired) electrons. The quantitative estimate of drug-likeness (QED) is 0.649. The molecular formula is C10H15N. The van der Waals surface area contributed by atoms with Crippen molar-refractivity contribution in [1.29, 1.82) is 0 Å². The Balaban J connectivity index is 2.31. The number of allylic oxidation sites excluding steroid dienone is 3. The van der Waals surface area contributed by atoms with Crippen LogP contribution in [0.5, 0.6) is 0 Å². The molecular weight excluding hydrogens is 134 g/mol. The zero-order valence-corrected chi connectivity index (χ0v) is 7.06. The second-order valence-electron chi connectivity index (χ2n) is 2.89. The lowest BCUT2D eigenvalue weighted by molar-refractivity contribution is 0.870. The summed E-state index contributed by atoms with van der Waals surface area (Å²) >= 11 is 0. The van der Waals surface area contributed by atoms with E-state index in [0.717, 1.165) is 12.2 Å². The van der Waals surface area contributed by atoms with Crippen molar-refractivity contribution in [2.75, 3.05) is 6.54 Å². The van der Waals surface area contributed by atoms with E-state index in [2.05, 4.69) is 30.1 Å². The smallest absolute Gasteiger partial charge is 0.0394 e. The second kappa shape index (κ2) is 4.02. The van der Waals surface area contributed by atoms with E-state index in [0.29, 0.717) is 0 Å². The maximum atomic E-state index is 3.78. The van der Waals surface area contributed by atoms with E-state index < -0.39 is 0 Å². The van der Waals surface area contributed by atoms with Crippen LogP contribution in [-0.2, 0) is 0 Å². The van der Waals surface area contributed by atoms with Crippen LogP contribution in [0.1, 0.15) is 19.8 Å². The first-order valence-corrected chi connectivity index (χ1v) is 4.04. The Morgan fingerprint density at radius 3 is 3.00 bits per heavy atom. The molecule has 60 valence electrons. The van der Waals surface area contributed by atoms with Crippen LogP contribution in [0.4, 0.5) is 0 Å². The second-order valence-corrected chi connectivity index (χ2v) is 2.89. The minimum Gasteiger partial charge on any atom is -0.385 e. The van der Waals surface area contributed by atoms with Crippen LogP contribution < -0.4 is 5.32 Å². The van der Waals surface area contributed by atoms with Gasteiger partial charge in [0.1, 0.15) is 0 Å². The van der Waals surface area contributed by atoms with Crippen LogP contribution in [0.2, 0.25) is 0 Å². The zero-order chi connectivity index (χ0) is 8.10. The Bertz CT molecular complexity index is 199. The van der Waals surface area contributed by atoms with E-state index >= 15 is 0 Å². The maximum Gasteiger partial charge on any atom is 0.0394 e. The molecule has 0 unspecified atom stereocenters. The van der Waals surface area contributed by atoms with Crippen molar-refractivity contribution >= 4 is 0 Å². The van der Waals surface area contributed by atoms with Crippen LogP contribution >= 0.6 is 0 Å². The molecule has 1 aliphatic rings. The van der Waals surface area contributed by atoms with E-state index in [1.807, 2.05) is 6.92 Å². The molecule has 0 aromatic heterocycles. The van der Waals surface area contributed by atoms with Gasteiger partial charge in [-0.1, -0.05) is 24.8 Å². The number of hydrogen-bond acceptors (Lipinski definition) is 1. The monoisotopic (exact) mass is 149 g/mol. The van der Waals surface area contributed by atoms with Crippen LogP contribution in [-0.4, -0.2) is 6.54 Å². The summed E-state index contributed by atoms with van der Waals surface area (Å²) in [6.07, 6.45) is 9.05. The average Bonchev–Trinajstić information content (AvgIpc) is 2.03. The van der Waals surface area contributed by atoms with Crippen molar-refractivity contribution in [3.8, 4) is 0 Å². The minimum atomic E-state index is 0.922. The summed E-state index contributed by atoms with van der Waals surface area (Å²) in [5.74, 6) is 0. The predicted molar refractivity (Wildman–Crippen MR) is 49.3 cm³/mol. The highest BCUT2D eigenvalue weighted by Gasteiger charge is 1.95. The number of rotatable bonds is 3. The van der Waals surface area contributed by atoms with Gasteiger partial charge < -0.3 is 5.32 Å². The highest BCUT2D eigenvalue weighted by Crippen LogP contribution is 2.08. The summed E-state index contributed by atoms with van der Waals surface area (Å²) in [6.45, 7) is 6.68. The normalized spacial score (nSPS) is 15.9. The van der Waals surface area contributed by atoms with Crippen molar-refractivity contribution in [1.82, 2.24) is 5.32 Å². The van der Waals surface area contributed by atoms with Gasteiger partial charge in [-0.25, -0.2) is 0 Å². The summed E-state index contributed by atoms with van der Waals surface area (Å²) < 4.78 is 0. The van der Waals surface area contributed by atoms with Crippen molar-refractivity contribution in [3.63, 3.8) is 0 Å². The molecule has 1 rings (SSSR count). The molecule has 1 heteroatoms. The van der Waals surface area contributed by atoms with Crippen molar-refractivity contribution in [2.45, 2.75) is 19.8 Å². The lowest BCUT2D eigenvalue weighted by Crippen LogP contribution is -2.13. The SMILES string of the molecule is C=C(C)NCC1=CCCC=C1. The van der Waals surface area contributed by atoms with Gasteiger partial charge >= 0.3 is 0 Å². The van der Waals surface area contributed by atoms with Gasteiger partial charge in [-0.15, -0.1) is 0 Å². The van der Waals surface area contributed by atoms with Gasteiger partial charge in [0, 0.05) is 12.2 Å². The van der Waals surface area contributed by atoms with Crippen LogP contribution in [0.3, 0.4) is 0 Å². The van der Waals surface area contributed by atoms with Crippen molar-refractivity contribution in [3.05, 3.63) is 36.1 Å². The fourth-order valence-corrected chi connectivity index (χ4v) is 1.05. The van der Waals surface area contributed by atoms with Gasteiger partial charge in [0.25, 0.3) is 0 Å². The molecule has 1 N–H and O–H groups in total. The number of nitrogens with one attached hydrogen (secondary N) is 1. The van der Waals surface area contributed by atoms with Gasteiger partial charge in [0.2, 0.25) is 0 Å². The molecule has 0 aromatic carbocycles.